The molecular formula is C37H44N2O6. The maximum absolute atomic E-state index is 13.7. The lowest BCUT2D eigenvalue weighted by molar-refractivity contribution is -0.126. The Morgan fingerprint density at radius 1 is 0.800 bits per heavy atom. The van der Waals surface area contributed by atoms with E-state index in [1.807, 2.05) is 36.4 Å². The number of ether oxygens (including phenoxy) is 3. The lowest BCUT2D eigenvalue weighted by Crippen LogP contribution is -2.45. The second-order valence-electron chi connectivity index (χ2n) is 11.4. The Morgan fingerprint density at radius 3 is 1.87 bits per heavy atom. The minimum atomic E-state index is -0.886. The number of carbonyl (C=O) groups excluding carboxylic acids is 3. The summed E-state index contributed by atoms with van der Waals surface area (Å²) in [5.74, 6) is -0.966. The Kier molecular flexibility index (Phi) is 12.7. The van der Waals surface area contributed by atoms with Crippen LogP contribution in [-0.4, -0.2) is 50.7 Å². The molecule has 1 atom stereocenters. The highest BCUT2D eigenvalue weighted by atomic mass is 16.5. The first kappa shape index (κ1) is 33.4. The fourth-order valence-corrected chi connectivity index (χ4v) is 5.89. The first-order valence-corrected chi connectivity index (χ1v) is 15.8. The molecular weight excluding hydrogens is 568 g/mol. The van der Waals surface area contributed by atoms with E-state index in [-0.39, 0.29) is 34.9 Å². The van der Waals surface area contributed by atoms with Gasteiger partial charge in [-0.25, -0.2) is 4.99 Å². The predicted octanol–water partition coefficient (Wildman–Crippen LogP) is 6.58. The zero-order chi connectivity index (χ0) is 32.0. The van der Waals surface area contributed by atoms with E-state index in [1.54, 1.807) is 0 Å². The summed E-state index contributed by atoms with van der Waals surface area (Å²) < 4.78 is 16.0. The molecule has 0 unspecified atom stereocenters. The van der Waals surface area contributed by atoms with Gasteiger partial charge in [0.05, 0.1) is 27.4 Å². The minimum Gasteiger partial charge on any atom is -0.493 e. The molecule has 3 aromatic carbocycles. The Hall–Kier alpha value is -4.46. The van der Waals surface area contributed by atoms with Crippen LogP contribution in [0.3, 0.4) is 0 Å². The van der Waals surface area contributed by atoms with Gasteiger partial charge in [-0.2, -0.15) is 0 Å². The average Bonchev–Trinajstić information content (AvgIpc) is 3.08. The third kappa shape index (κ3) is 9.51. The number of ketones is 1. The molecule has 8 heteroatoms. The molecule has 0 saturated heterocycles. The largest absolute Gasteiger partial charge is 0.493 e. The second-order valence-corrected chi connectivity index (χ2v) is 11.4. The first-order chi connectivity index (χ1) is 21.9. The molecule has 4 rings (SSSR count). The highest BCUT2D eigenvalue weighted by Gasteiger charge is 2.28. The molecule has 1 fully saturated rings. The number of aryl methyl sites for hydroxylation is 2. The number of nitrogens with zero attached hydrogens (tertiary/aromatic N) is 1. The lowest BCUT2D eigenvalue weighted by Gasteiger charge is -2.27. The molecule has 0 heterocycles. The van der Waals surface area contributed by atoms with Crippen molar-refractivity contribution >= 4 is 23.3 Å². The van der Waals surface area contributed by atoms with E-state index in [0.29, 0.717) is 24.3 Å². The summed E-state index contributed by atoms with van der Waals surface area (Å²) >= 11 is 0. The van der Waals surface area contributed by atoms with Gasteiger partial charge in [-0.1, -0.05) is 67.1 Å². The smallest absolute Gasteiger partial charge is 0.318 e. The predicted molar refractivity (Wildman–Crippen MR) is 176 cm³/mol. The van der Waals surface area contributed by atoms with Crippen LogP contribution in [0.5, 0.6) is 17.2 Å². The van der Waals surface area contributed by atoms with Crippen molar-refractivity contribution in [3.05, 3.63) is 89.5 Å². The summed E-state index contributed by atoms with van der Waals surface area (Å²) in [6.45, 7) is 0. The maximum Gasteiger partial charge on any atom is 0.318 e. The molecule has 1 aliphatic rings. The van der Waals surface area contributed by atoms with Crippen LogP contribution in [0.4, 0.5) is 0 Å². The number of aliphatic imine (C=N–C) groups is 1. The molecule has 45 heavy (non-hydrogen) atoms. The molecule has 0 aromatic heterocycles. The van der Waals surface area contributed by atoms with Gasteiger partial charge in [0.25, 0.3) is 5.78 Å². The van der Waals surface area contributed by atoms with Crippen LogP contribution in [0.15, 0.2) is 77.8 Å². The normalized spacial score (nSPS) is 15.5. The monoisotopic (exact) mass is 612 g/mol. The molecule has 8 nitrogen and oxygen atoms in total. The molecule has 1 N–H and O–H groups in total. The van der Waals surface area contributed by atoms with Crippen LogP contribution in [-0.2, 0) is 22.4 Å². The van der Waals surface area contributed by atoms with Crippen molar-refractivity contribution in [2.75, 3.05) is 21.3 Å². The first-order valence-electron chi connectivity index (χ1n) is 15.8. The van der Waals surface area contributed by atoms with E-state index < -0.39 is 11.7 Å². The topological polar surface area (TPSA) is 103 Å². The highest BCUT2D eigenvalue weighted by molar-refractivity contribution is 6.44. The molecule has 0 spiro atoms. The molecule has 0 radical (unpaired) electrons. The van der Waals surface area contributed by atoms with Crippen molar-refractivity contribution in [1.82, 2.24) is 5.32 Å². The third-order valence-electron chi connectivity index (χ3n) is 8.35. The van der Waals surface area contributed by atoms with Crippen LogP contribution in [0.1, 0.15) is 72.9 Å². The molecule has 0 aliphatic heterocycles. The number of amides is 2. The molecule has 0 bridgehead atoms. The molecule has 2 amide bonds. The summed E-state index contributed by atoms with van der Waals surface area (Å²) in [7, 11) is 4.35. The number of benzene rings is 3. The number of hydrogen-bond donors (Lipinski definition) is 1. The molecule has 1 saturated carbocycles. The summed E-state index contributed by atoms with van der Waals surface area (Å²) in [5, 5.41) is 3.21. The standard InChI is InChI=1S/C37H44N2O6/c1-43-32-24-29(25-33(44-2)35(32)45-3)34(40)37(42)39-31-23-11-10-22-30(31)38-36(41)28(20-12-18-26-14-6-4-7-15-26)21-13-19-27-16-8-5-9-17-27/h4-9,14-17,24-25,28,30H,10-13,18-23H2,1-3H3,(H,38,41)/t30-/m1/s1. The minimum absolute atomic E-state index is 0.0147. The number of Topliss-reactive ketones (excluding diaryl/α,β-unsaturated/α-hetero) is 1. The number of rotatable bonds is 15. The van der Waals surface area contributed by atoms with E-state index in [9.17, 15) is 14.4 Å². The lowest BCUT2D eigenvalue weighted by atomic mass is 9.90. The van der Waals surface area contributed by atoms with Crippen molar-refractivity contribution in [2.45, 2.75) is 70.3 Å². The van der Waals surface area contributed by atoms with Crippen LogP contribution < -0.4 is 19.5 Å². The highest BCUT2D eigenvalue weighted by Crippen LogP contribution is 2.38. The van der Waals surface area contributed by atoms with Crippen LogP contribution >= 0.6 is 0 Å². The average molecular weight is 613 g/mol. The van der Waals surface area contributed by atoms with Crippen molar-refractivity contribution in [3.63, 3.8) is 0 Å². The number of hydrogen-bond acceptors (Lipinski definition) is 6. The maximum atomic E-state index is 13.7. The summed E-state index contributed by atoms with van der Waals surface area (Å²) in [5.41, 5.74) is 3.16. The quantitative estimate of drug-likeness (QED) is 0.154. The Balaban J connectivity index is 1.45. The van der Waals surface area contributed by atoms with Gasteiger partial charge in [-0.15, -0.1) is 0 Å². The SMILES string of the molecule is COc1cc(C(=O)C(=O)N=C2CCCC[C@H]2NC(=O)C(CCCc2ccccc2)CCCc2ccccc2)cc(OC)c1OC. The van der Waals surface area contributed by atoms with Gasteiger partial charge < -0.3 is 19.5 Å². The Labute approximate surface area is 266 Å². The van der Waals surface area contributed by atoms with E-state index >= 15 is 0 Å². The van der Waals surface area contributed by atoms with E-state index in [4.69, 9.17) is 14.2 Å². The van der Waals surface area contributed by atoms with Crippen LogP contribution in [0, 0.1) is 5.92 Å². The van der Waals surface area contributed by atoms with Gasteiger partial charge in [0.1, 0.15) is 0 Å². The van der Waals surface area contributed by atoms with Gasteiger partial charge >= 0.3 is 5.91 Å². The van der Waals surface area contributed by atoms with Crippen molar-refractivity contribution in [3.8, 4) is 17.2 Å². The van der Waals surface area contributed by atoms with Crippen LogP contribution in [0.2, 0.25) is 0 Å². The van der Waals surface area contributed by atoms with E-state index in [1.165, 1.54) is 44.6 Å². The molecule has 238 valence electrons. The molecule has 1 aliphatic carbocycles. The third-order valence-corrected chi connectivity index (χ3v) is 8.35. The summed E-state index contributed by atoms with van der Waals surface area (Å²) in [6, 6.07) is 23.1. The number of methoxy groups -OCH3 is 3. The zero-order valence-corrected chi connectivity index (χ0v) is 26.6. The second kappa shape index (κ2) is 17.1. The van der Waals surface area contributed by atoms with Crippen LogP contribution in [0.25, 0.3) is 0 Å². The van der Waals surface area contributed by atoms with E-state index in [0.717, 1.165) is 51.4 Å². The van der Waals surface area contributed by atoms with Gasteiger partial charge in [-0.05, 0) is 81.0 Å². The van der Waals surface area contributed by atoms with Gasteiger partial charge in [0.15, 0.2) is 11.5 Å². The fraction of sp³-hybridized carbons (Fsp3) is 0.405. The van der Waals surface area contributed by atoms with Crippen molar-refractivity contribution < 1.29 is 28.6 Å². The van der Waals surface area contributed by atoms with Gasteiger partial charge in [0.2, 0.25) is 11.7 Å². The van der Waals surface area contributed by atoms with Gasteiger partial charge in [-0.3, -0.25) is 14.4 Å². The Morgan fingerprint density at radius 2 is 1.36 bits per heavy atom. The Bertz CT molecular complexity index is 1380. The van der Waals surface area contributed by atoms with Gasteiger partial charge in [0, 0.05) is 17.2 Å². The van der Waals surface area contributed by atoms with Crippen molar-refractivity contribution in [2.24, 2.45) is 10.9 Å². The number of nitrogens with one attached hydrogen (secondary N) is 1. The number of carbonyl (C=O) groups is 3. The summed E-state index contributed by atoms with van der Waals surface area (Å²) in [4.78, 5) is 44.3. The van der Waals surface area contributed by atoms with E-state index in [2.05, 4.69) is 34.6 Å². The summed E-state index contributed by atoms with van der Waals surface area (Å²) in [6.07, 6.45) is 8.15. The van der Waals surface area contributed by atoms with Crippen molar-refractivity contribution in [1.29, 1.82) is 0 Å². The zero-order valence-electron chi connectivity index (χ0n) is 26.6. The fourth-order valence-electron chi connectivity index (χ4n) is 5.89. The molecule has 3 aromatic rings.